The van der Waals surface area contributed by atoms with Crippen LogP contribution in [0.25, 0.3) is 0 Å². The Kier molecular flexibility index (Phi) is 5.48. The Bertz CT molecular complexity index is 416. The van der Waals surface area contributed by atoms with Crippen LogP contribution in [0.5, 0.6) is 0 Å². The molecule has 0 fully saturated rings. The Morgan fingerprint density at radius 1 is 0.737 bits per heavy atom. The van der Waals surface area contributed by atoms with Crippen LogP contribution in [0.15, 0.2) is 41.4 Å². The first kappa shape index (κ1) is 16.9. The van der Waals surface area contributed by atoms with Crippen LogP contribution in [-0.2, 0) is 29.1 Å². The van der Waals surface area contributed by atoms with E-state index >= 15 is 0 Å². The van der Waals surface area contributed by atoms with Gasteiger partial charge in [-0.25, -0.2) is 0 Å². The Morgan fingerprint density at radius 3 is 1.05 bits per heavy atom. The molecule has 0 aromatic heterocycles. The second-order valence-corrected chi connectivity index (χ2v) is 2.78. The third kappa shape index (κ3) is 3.94. The Hall–Kier alpha value is -2.12. The topological polar surface area (TPSA) is 231 Å². The molecule has 0 aromatic rings. The smallest absolute Gasteiger partial charge is 0.544 e. The Labute approximate surface area is 116 Å². The van der Waals surface area contributed by atoms with Gasteiger partial charge in [0.15, 0.2) is 0 Å². The van der Waals surface area contributed by atoms with Gasteiger partial charge >= 0.3 is 19.5 Å². The molecular formula is C4H4N10O4Zn. The van der Waals surface area contributed by atoms with Crippen LogP contribution in [0.2, 0.25) is 0 Å². The van der Waals surface area contributed by atoms with Crippen LogP contribution < -0.4 is 21.7 Å². The Morgan fingerprint density at radius 2 is 0.947 bits per heavy atom. The van der Waals surface area contributed by atoms with Gasteiger partial charge in [-0.05, 0) is 20.9 Å². The molecule has 0 saturated carbocycles. The number of nitrogens with zero attached hydrogens (tertiary/aromatic N) is 8. The van der Waals surface area contributed by atoms with E-state index in [4.69, 9.17) is 11.5 Å². The number of aliphatic carboxylic acids is 2. The summed E-state index contributed by atoms with van der Waals surface area (Å²) in [6.07, 6.45) is 0. The third-order valence-corrected chi connectivity index (χ3v) is 1.47. The average Bonchev–Trinajstić information content (AvgIpc) is 2.90. The molecule has 0 atom stereocenters. The molecule has 2 aliphatic rings. The fourth-order valence-electron chi connectivity index (χ4n) is 0.556. The number of carbonyl (C=O) groups excluding carboxylic acids is 2. The van der Waals surface area contributed by atoms with Crippen molar-refractivity contribution in [1.82, 2.24) is 0 Å². The zero-order valence-electron chi connectivity index (χ0n) is 9.07. The molecule has 96 valence electrons. The molecular weight excluding hydrogens is 318 g/mol. The summed E-state index contributed by atoms with van der Waals surface area (Å²) < 4.78 is 0. The molecule has 0 saturated heterocycles. The first-order valence-electron chi connectivity index (χ1n) is 3.99. The van der Waals surface area contributed by atoms with E-state index in [0.717, 1.165) is 0 Å². The van der Waals surface area contributed by atoms with Gasteiger partial charge < -0.3 is 19.8 Å². The van der Waals surface area contributed by atoms with E-state index in [1.807, 2.05) is 0 Å². The first-order valence-corrected chi connectivity index (χ1v) is 3.99. The van der Waals surface area contributed by atoms with Crippen LogP contribution in [-0.4, -0.2) is 23.5 Å². The first-order chi connectivity index (χ1) is 8.30. The fourth-order valence-corrected chi connectivity index (χ4v) is 0.556. The van der Waals surface area contributed by atoms with Crippen LogP contribution in [0.4, 0.5) is 0 Å². The second-order valence-electron chi connectivity index (χ2n) is 2.78. The van der Waals surface area contributed by atoms with E-state index in [1.54, 1.807) is 0 Å². The molecule has 2 aliphatic heterocycles. The molecule has 0 bridgehead atoms. The normalized spacial score (nSPS) is 19.5. The summed E-state index contributed by atoms with van der Waals surface area (Å²) in [7, 11) is 0. The second kappa shape index (κ2) is 6.17. The number of hydrogen-bond donors (Lipinski definition) is 2. The number of carbonyl (C=O) groups is 2. The molecule has 2 rings (SSSR count). The molecule has 0 radical (unpaired) electrons. The number of hydrogen-bond acceptors (Lipinski definition) is 14. The average molecular weight is 322 g/mol. The number of rotatable bonds is 2. The summed E-state index contributed by atoms with van der Waals surface area (Å²) in [6, 6.07) is 0. The maximum Gasteiger partial charge on any atom is 2.00 e. The molecule has 15 heteroatoms. The summed E-state index contributed by atoms with van der Waals surface area (Å²) in [5.74, 6) is -7.40. The number of nitrogens with two attached hydrogens (primary N) is 2. The number of carboxylic acid groups (broad SMARTS) is 2. The molecule has 19 heavy (non-hydrogen) atoms. The molecule has 0 aromatic carbocycles. The van der Waals surface area contributed by atoms with Gasteiger partial charge in [0.25, 0.3) is 11.6 Å². The largest absolute Gasteiger partial charge is 2.00 e. The van der Waals surface area contributed by atoms with Crippen molar-refractivity contribution in [2.45, 2.75) is 11.6 Å². The van der Waals surface area contributed by atoms with Gasteiger partial charge in [-0.2, -0.15) is 0 Å². The monoisotopic (exact) mass is 320 g/mol. The predicted molar refractivity (Wildman–Crippen MR) is 43.3 cm³/mol. The molecule has 2 heterocycles. The van der Waals surface area contributed by atoms with E-state index < -0.39 is 23.5 Å². The van der Waals surface area contributed by atoms with Gasteiger partial charge in [-0.3, -0.25) is 11.5 Å². The van der Waals surface area contributed by atoms with Gasteiger partial charge in [-0.15, -0.1) is 20.5 Å². The van der Waals surface area contributed by atoms with Crippen molar-refractivity contribution in [2.24, 2.45) is 52.8 Å². The maximum atomic E-state index is 9.98. The van der Waals surface area contributed by atoms with Crippen LogP contribution in [0.3, 0.4) is 0 Å². The standard InChI is InChI=1S/2C2H3N5O2.Zn/c2*3-2(1(8)9)4-6-7-5-2;/h2*3H2,(H,8,9);/q;;+2/p-2. The predicted octanol–water partition coefficient (Wildman–Crippen LogP) is -3.64. The van der Waals surface area contributed by atoms with E-state index in [1.165, 1.54) is 0 Å². The van der Waals surface area contributed by atoms with Gasteiger partial charge in [0.2, 0.25) is 0 Å². The summed E-state index contributed by atoms with van der Waals surface area (Å²) in [6.45, 7) is 0. The number of carboxylic acids is 2. The van der Waals surface area contributed by atoms with Crippen molar-refractivity contribution in [3.63, 3.8) is 0 Å². The third-order valence-electron chi connectivity index (χ3n) is 1.47. The zero-order valence-corrected chi connectivity index (χ0v) is 12.0. The van der Waals surface area contributed by atoms with Crippen LogP contribution in [0.1, 0.15) is 0 Å². The van der Waals surface area contributed by atoms with Crippen molar-refractivity contribution in [1.29, 1.82) is 0 Å². The van der Waals surface area contributed by atoms with Crippen LogP contribution in [0, 0.1) is 0 Å². The quantitative estimate of drug-likeness (QED) is 0.486. The molecule has 14 nitrogen and oxygen atoms in total. The minimum Gasteiger partial charge on any atom is -0.544 e. The van der Waals surface area contributed by atoms with Crippen molar-refractivity contribution in [3.05, 3.63) is 0 Å². The van der Waals surface area contributed by atoms with E-state index in [-0.39, 0.29) is 19.5 Å². The fraction of sp³-hybridized carbons (Fsp3) is 0.500. The molecule has 0 amide bonds. The summed E-state index contributed by atoms with van der Waals surface area (Å²) in [5.41, 5.74) is 9.84. The van der Waals surface area contributed by atoms with Crippen LogP contribution >= 0.6 is 0 Å². The summed E-state index contributed by atoms with van der Waals surface area (Å²) >= 11 is 0. The minimum atomic E-state index is -2.08. The van der Waals surface area contributed by atoms with Gasteiger partial charge in [-0.1, -0.05) is 0 Å². The van der Waals surface area contributed by atoms with Crippen molar-refractivity contribution < 1.29 is 39.3 Å². The van der Waals surface area contributed by atoms with E-state index in [2.05, 4.69) is 41.4 Å². The van der Waals surface area contributed by atoms with Gasteiger partial charge in [0, 0.05) is 0 Å². The van der Waals surface area contributed by atoms with Gasteiger partial charge in [0.05, 0.1) is 0 Å². The van der Waals surface area contributed by atoms with Gasteiger partial charge in [0.1, 0.15) is 11.9 Å². The van der Waals surface area contributed by atoms with Crippen molar-refractivity contribution in [2.75, 3.05) is 0 Å². The summed E-state index contributed by atoms with van der Waals surface area (Å²) in [4.78, 5) is 20.0. The minimum absolute atomic E-state index is 0. The van der Waals surface area contributed by atoms with E-state index in [9.17, 15) is 19.8 Å². The van der Waals surface area contributed by atoms with Crippen molar-refractivity contribution >= 4 is 11.9 Å². The molecule has 0 aliphatic carbocycles. The molecule has 4 N–H and O–H groups in total. The SMILES string of the molecule is NC1(C(=O)[O-])N=NN=N1.NC1(C(=O)[O-])N=NN=N1.[Zn+2]. The Balaban J connectivity index is 0.000000324. The summed E-state index contributed by atoms with van der Waals surface area (Å²) in [5, 5.41) is 43.4. The van der Waals surface area contributed by atoms with Crippen molar-refractivity contribution in [3.8, 4) is 0 Å². The molecule has 0 spiro atoms. The zero-order chi connectivity index (χ0) is 13.8. The molecule has 0 unspecified atom stereocenters. The van der Waals surface area contributed by atoms with E-state index in [0.29, 0.717) is 0 Å². The maximum absolute atomic E-state index is 9.98.